The minimum absolute atomic E-state index is 0.582. The maximum absolute atomic E-state index is 3.94. The normalized spacial score (nSPS) is 38.8. The Kier molecular flexibility index (Phi) is 3.94. The van der Waals surface area contributed by atoms with E-state index in [1.807, 2.05) is 0 Å². The lowest BCUT2D eigenvalue weighted by Gasteiger charge is -2.37. The molecule has 1 N–H and O–H groups in total. The van der Waals surface area contributed by atoms with Gasteiger partial charge >= 0.3 is 0 Å². The van der Waals surface area contributed by atoms with E-state index in [0.29, 0.717) is 5.41 Å². The Morgan fingerprint density at radius 2 is 1.94 bits per heavy atom. The number of hydrogen-bond acceptors (Lipinski definition) is 1. The third-order valence-corrected chi connectivity index (χ3v) is 4.80. The molecule has 2 aliphatic rings. The fraction of sp³-hybridized carbons (Fsp3) is 1.00. The van der Waals surface area contributed by atoms with Crippen molar-refractivity contribution in [2.45, 2.75) is 84.2 Å². The van der Waals surface area contributed by atoms with Crippen LogP contribution in [0.3, 0.4) is 0 Å². The van der Waals surface area contributed by atoms with Gasteiger partial charge in [0.25, 0.3) is 0 Å². The van der Waals surface area contributed by atoms with Crippen LogP contribution >= 0.6 is 0 Å². The van der Waals surface area contributed by atoms with Gasteiger partial charge in [-0.2, -0.15) is 0 Å². The van der Waals surface area contributed by atoms with E-state index < -0.39 is 0 Å². The highest BCUT2D eigenvalue weighted by Crippen LogP contribution is 2.36. The van der Waals surface area contributed by atoms with E-state index in [1.54, 1.807) is 0 Å². The summed E-state index contributed by atoms with van der Waals surface area (Å²) in [6.07, 6.45) is 11.4. The van der Waals surface area contributed by atoms with Gasteiger partial charge in [0, 0.05) is 12.1 Å². The smallest absolute Gasteiger partial charge is 0.00747 e. The van der Waals surface area contributed by atoms with Gasteiger partial charge in [-0.1, -0.05) is 33.6 Å². The Balaban J connectivity index is 1.77. The van der Waals surface area contributed by atoms with Crippen molar-refractivity contribution >= 4 is 0 Å². The average molecular weight is 223 g/mol. The first kappa shape index (κ1) is 12.4. The Labute approximate surface area is 101 Å². The van der Waals surface area contributed by atoms with Crippen molar-refractivity contribution in [1.29, 1.82) is 0 Å². The average Bonchev–Trinajstić information content (AvgIpc) is 2.64. The fourth-order valence-corrected chi connectivity index (χ4v) is 3.77. The molecule has 0 heterocycles. The molecule has 2 aliphatic carbocycles. The van der Waals surface area contributed by atoms with Gasteiger partial charge in [0.1, 0.15) is 0 Å². The maximum Gasteiger partial charge on any atom is 0.00747 e. The van der Waals surface area contributed by atoms with E-state index in [1.165, 1.54) is 51.4 Å². The van der Waals surface area contributed by atoms with Crippen molar-refractivity contribution in [1.82, 2.24) is 5.32 Å². The van der Waals surface area contributed by atoms with Crippen LogP contribution in [0.15, 0.2) is 0 Å². The monoisotopic (exact) mass is 223 g/mol. The van der Waals surface area contributed by atoms with Crippen molar-refractivity contribution in [3.63, 3.8) is 0 Å². The van der Waals surface area contributed by atoms with Crippen LogP contribution in [0, 0.1) is 11.3 Å². The van der Waals surface area contributed by atoms with Crippen LogP contribution in [-0.2, 0) is 0 Å². The standard InChI is InChI=1S/C15H29N/c1-4-12-7-8-13(10-12)16-14-6-5-9-15(2,3)11-14/h12-14,16H,4-11H2,1-3H3. The summed E-state index contributed by atoms with van der Waals surface area (Å²) < 4.78 is 0. The molecule has 0 aliphatic heterocycles. The number of nitrogens with one attached hydrogen (secondary N) is 1. The summed E-state index contributed by atoms with van der Waals surface area (Å²) in [4.78, 5) is 0. The molecule has 94 valence electrons. The lowest BCUT2D eigenvalue weighted by Crippen LogP contribution is -2.42. The molecule has 0 radical (unpaired) electrons. The molecule has 2 saturated carbocycles. The molecule has 0 aromatic heterocycles. The molecule has 0 spiro atoms. The summed E-state index contributed by atoms with van der Waals surface area (Å²) in [7, 11) is 0. The molecule has 3 unspecified atom stereocenters. The maximum atomic E-state index is 3.94. The van der Waals surface area contributed by atoms with Crippen molar-refractivity contribution in [3.05, 3.63) is 0 Å². The zero-order chi connectivity index (χ0) is 11.6. The lowest BCUT2D eigenvalue weighted by molar-refractivity contribution is 0.188. The van der Waals surface area contributed by atoms with Crippen LogP contribution < -0.4 is 5.32 Å². The Morgan fingerprint density at radius 3 is 2.56 bits per heavy atom. The van der Waals surface area contributed by atoms with Crippen molar-refractivity contribution in [2.75, 3.05) is 0 Å². The summed E-state index contributed by atoms with van der Waals surface area (Å²) in [6.45, 7) is 7.21. The third-order valence-electron chi connectivity index (χ3n) is 4.80. The van der Waals surface area contributed by atoms with Crippen molar-refractivity contribution < 1.29 is 0 Å². The van der Waals surface area contributed by atoms with E-state index in [4.69, 9.17) is 0 Å². The van der Waals surface area contributed by atoms with Crippen LogP contribution in [0.25, 0.3) is 0 Å². The van der Waals surface area contributed by atoms with E-state index >= 15 is 0 Å². The van der Waals surface area contributed by atoms with Gasteiger partial charge in [0.2, 0.25) is 0 Å². The van der Waals surface area contributed by atoms with E-state index in [2.05, 4.69) is 26.1 Å². The summed E-state index contributed by atoms with van der Waals surface area (Å²) in [5, 5.41) is 3.94. The molecule has 3 atom stereocenters. The molecular weight excluding hydrogens is 194 g/mol. The molecule has 2 rings (SSSR count). The first-order valence-corrected chi connectivity index (χ1v) is 7.35. The molecule has 2 fully saturated rings. The van der Waals surface area contributed by atoms with Crippen LogP contribution in [0.1, 0.15) is 72.1 Å². The Bertz CT molecular complexity index is 221. The molecule has 16 heavy (non-hydrogen) atoms. The highest BCUT2D eigenvalue weighted by atomic mass is 15.0. The van der Waals surface area contributed by atoms with Gasteiger partial charge in [0.05, 0.1) is 0 Å². The summed E-state index contributed by atoms with van der Waals surface area (Å²) in [5.41, 5.74) is 0.582. The lowest BCUT2D eigenvalue weighted by atomic mass is 9.75. The summed E-state index contributed by atoms with van der Waals surface area (Å²) >= 11 is 0. The number of rotatable bonds is 3. The third kappa shape index (κ3) is 3.23. The molecule has 0 aromatic carbocycles. The highest BCUT2D eigenvalue weighted by Gasteiger charge is 2.31. The van der Waals surface area contributed by atoms with E-state index in [-0.39, 0.29) is 0 Å². The van der Waals surface area contributed by atoms with E-state index in [0.717, 1.165) is 18.0 Å². The summed E-state index contributed by atoms with van der Waals surface area (Å²) in [5.74, 6) is 1.01. The Hall–Kier alpha value is -0.0400. The van der Waals surface area contributed by atoms with Gasteiger partial charge in [0.15, 0.2) is 0 Å². The second-order valence-corrected chi connectivity index (χ2v) is 6.91. The molecule has 0 aromatic rings. The first-order chi connectivity index (χ1) is 7.59. The molecule has 1 heteroatoms. The van der Waals surface area contributed by atoms with Gasteiger partial charge in [-0.05, 0) is 49.9 Å². The SMILES string of the molecule is CCC1CCC(NC2CCCC(C)(C)C2)C1. The fourth-order valence-electron chi connectivity index (χ4n) is 3.77. The minimum atomic E-state index is 0.582. The second kappa shape index (κ2) is 5.08. The topological polar surface area (TPSA) is 12.0 Å². The van der Waals surface area contributed by atoms with Crippen LogP contribution in [-0.4, -0.2) is 12.1 Å². The second-order valence-electron chi connectivity index (χ2n) is 6.91. The Morgan fingerprint density at radius 1 is 1.12 bits per heavy atom. The minimum Gasteiger partial charge on any atom is -0.311 e. The molecule has 0 bridgehead atoms. The van der Waals surface area contributed by atoms with Crippen molar-refractivity contribution in [2.24, 2.45) is 11.3 Å². The molecule has 1 nitrogen and oxygen atoms in total. The van der Waals surface area contributed by atoms with Gasteiger partial charge in [-0.25, -0.2) is 0 Å². The van der Waals surface area contributed by atoms with Crippen LogP contribution in [0.4, 0.5) is 0 Å². The van der Waals surface area contributed by atoms with Crippen LogP contribution in [0.5, 0.6) is 0 Å². The predicted molar refractivity (Wildman–Crippen MR) is 70.6 cm³/mol. The molecule has 0 amide bonds. The van der Waals surface area contributed by atoms with Crippen molar-refractivity contribution in [3.8, 4) is 0 Å². The van der Waals surface area contributed by atoms with Gasteiger partial charge in [-0.3, -0.25) is 0 Å². The summed E-state index contributed by atoms with van der Waals surface area (Å²) in [6, 6.07) is 1.65. The van der Waals surface area contributed by atoms with E-state index in [9.17, 15) is 0 Å². The quantitative estimate of drug-likeness (QED) is 0.759. The molecular formula is C15H29N. The highest BCUT2D eigenvalue weighted by molar-refractivity contribution is 4.88. The largest absolute Gasteiger partial charge is 0.311 e. The zero-order valence-electron chi connectivity index (χ0n) is 11.4. The predicted octanol–water partition coefficient (Wildman–Crippen LogP) is 4.12. The molecule has 0 saturated heterocycles. The number of hydrogen-bond donors (Lipinski definition) is 1. The zero-order valence-corrected chi connectivity index (χ0v) is 11.4. The van der Waals surface area contributed by atoms with Gasteiger partial charge in [-0.15, -0.1) is 0 Å². The van der Waals surface area contributed by atoms with Gasteiger partial charge < -0.3 is 5.32 Å². The first-order valence-electron chi connectivity index (χ1n) is 7.35. The van der Waals surface area contributed by atoms with Crippen LogP contribution in [0.2, 0.25) is 0 Å².